The number of benzene rings is 1. The molecule has 30 heavy (non-hydrogen) atoms. The number of aromatic nitrogens is 6. The number of tetrazole rings is 1. The topological polar surface area (TPSA) is 130 Å². The number of hydrogen-bond acceptors (Lipinski definition) is 7. The Labute approximate surface area is 169 Å². The maximum atomic E-state index is 12.6. The number of carbonyl (C=O) groups is 1. The summed E-state index contributed by atoms with van der Waals surface area (Å²) in [6.45, 7) is 3.37. The Hall–Kier alpha value is -4.02. The molecular weight excluding hydrogens is 390 g/mol. The molecule has 1 amide bonds. The summed E-state index contributed by atoms with van der Waals surface area (Å²) in [5, 5.41) is 15.8. The molecule has 0 saturated heterocycles. The van der Waals surface area contributed by atoms with Crippen LogP contribution >= 0.6 is 0 Å². The minimum Gasteiger partial charge on any atom is -0.446 e. The number of carbonyl (C=O) groups excluding carboxylic acids is 1. The molecule has 0 aliphatic rings. The summed E-state index contributed by atoms with van der Waals surface area (Å²) >= 11 is 0. The molecule has 0 unspecified atom stereocenters. The molecule has 11 heteroatoms. The molecule has 0 aliphatic carbocycles. The summed E-state index contributed by atoms with van der Waals surface area (Å²) in [5.41, 5.74) is -0.169. The van der Waals surface area contributed by atoms with Crippen LogP contribution < -0.4 is 16.6 Å². The van der Waals surface area contributed by atoms with Gasteiger partial charge in [0.15, 0.2) is 0 Å². The van der Waals surface area contributed by atoms with Gasteiger partial charge in [-0.2, -0.15) is 9.78 Å². The van der Waals surface area contributed by atoms with Crippen molar-refractivity contribution in [3.63, 3.8) is 0 Å². The lowest BCUT2D eigenvalue weighted by Crippen LogP contribution is -2.41. The highest BCUT2D eigenvalue weighted by atomic mass is 16.3. The Bertz CT molecular complexity index is 1320. The molecule has 3 aromatic heterocycles. The number of fused-ring (bicyclic) bond motifs is 1. The molecule has 4 aromatic rings. The van der Waals surface area contributed by atoms with Crippen LogP contribution in [0, 0.1) is 6.92 Å². The fourth-order valence-electron chi connectivity index (χ4n) is 3.19. The van der Waals surface area contributed by atoms with Crippen molar-refractivity contribution in [1.82, 2.24) is 34.9 Å². The third-order valence-electron chi connectivity index (χ3n) is 4.55. The Morgan fingerprint density at radius 3 is 2.60 bits per heavy atom. The molecule has 11 nitrogen and oxygen atoms in total. The van der Waals surface area contributed by atoms with Crippen LogP contribution in [-0.2, 0) is 17.9 Å². The monoisotopic (exact) mass is 409 g/mol. The average molecular weight is 409 g/mol. The lowest BCUT2D eigenvalue weighted by atomic mass is 10.1. The van der Waals surface area contributed by atoms with Gasteiger partial charge in [0.2, 0.25) is 11.8 Å². The van der Waals surface area contributed by atoms with Crippen molar-refractivity contribution in [2.24, 2.45) is 0 Å². The lowest BCUT2D eigenvalue weighted by Gasteiger charge is -2.14. The third kappa shape index (κ3) is 3.64. The van der Waals surface area contributed by atoms with Crippen LogP contribution in [0.4, 0.5) is 0 Å². The molecule has 3 heterocycles. The van der Waals surface area contributed by atoms with E-state index >= 15 is 0 Å². The van der Waals surface area contributed by atoms with Crippen LogP contribution in [0.2, 0.25) is 0 Å². The van der Waals surface area contributed by atoms with E-state index in [4.69, 9.17) is 4.42 Å². The van der Waals surface area contributed by atoms with Crippen LogP contribution in [0.25, 0.3) is 16.7 Å². The second-order valence-corrected chi connectivity index (χ2v) is 6.87. The van der Waals surface area contributed by atoms with Crippen molar-refractivity contribution in [3.05, 3.63) is 69.2 Å². The highest BCUT2D eigenvalue weighted by Crippen LogP contribution is 2.11. The summed E-state index contributed by atoms with van der Waals surface area (Å²) < 4.78 is 8.42. The molecule has 1 aromatic carbocycles. The molecule has 1 atom stereocenters. The average Bonchev–Trinajstić information content (AvgIpc) is 3.36. The van der Waals surface area contributed by atoms with E-state index in [1.165, 1.54) is 6.26 Å². The molecule has 0 fully saturated rings. The predicted octanol–water partition coefficient (Wildman–Crippen LogP) is 0.245. The number of furan rings is 1. The van der Waals surface area contributed by atoms with Crippen LogP contribution in [0.5, 0.6) is 0 Å². The van der Waals surface area contributed by atoms with Gasteiger partial charge < -0.3 is 9.73 Å². The first-order chi connectivity index (χ1) is 14.4. The fourth-order valence-corrected chi connectivity index (χ4v) is 3.19. The molecule has 154 valence electrons. The summed E-state index contributed by atoms with van der Waals surface area (Å²) in [4.78, 5) is 37.4. The van der Waals surface area contributed by atoms with Crippen molar-refractivity contribution >= 4 is 16.7 Å². The van der Waals surface area contributed by atoms with Crippen LogP contribution in [-0.4, -0.2) is 41.5 Å². The molecule has 0 saturated carbocycles. The molecular formula is C19H19N7O4. The van der Waals surface area contributed by atoms with Gasteiger partial charge in [0.05, 0.1) is 23.9 Å². The van der Waals surface area contributed by atoms with Crippen LogP contribution in [0.15, 0.2) is 56.7 Å². The number of rotatable bonds is 6. The van der Waals surface area contributed by atoms with Crippen molar-refractivity contribution in [2.75, 3.05) is 0 Å². The van der Waals surface area contributed by atoms with E-state index in [1.807, 2.05) is 12.1 Å². The van der Waals surface area contributed by atoms with Gasteiger partial charge in [-0.25, -0.2) is 9.48 Å². The van der Waals surface area contributed by atoms with Crippen LogP contribution in [0.3, 0.4) is 0 Å². The minimum atomic E-state index is -0.492. The van der Waals surface area contributed by atoms with Crippen LogP contribution in [0.1, 0.15) is 12.6 Å². The number of nitrogens with one attached hydrogen (secondary N) is 1. The van der Waals surface area contributed by atoms with Crippen molar-refractivity contribution in [1.29, 1.82) is 0 Å². The maximum absolute atomic E-state index is 12.6. The van der Waals surface area contributed by atoms with E-state index < -0.39 is 17.6 Å². The number of amides is 1. The van der Waals surface area contributed by atoms with Gasteiger partial charge in [0.25, 0.3) is 5.56 Å². The predicted molar refractivity (Wildman–Crippen MR) is 106 cm³/mol. The molecule has 0 aliphatic heterocycles. The lowest BCUT2D eigenvalue weighted by molar-refractivity contribution is -0.122. The van der Waals surface area contributed by atoms with Gasteiger partial charge in [-0.05, 0) is 36.4 Å². The van der Waals surface area contributed by atoms with E-state index in [1.54, 1.807) is 38.1 Å². The van der Waals surface area contributed by atoms with Crippen molar-refractivity contribution in [2.45, 2.75) is 33.0 Å². The van der Waals surface area contributed by atoms with Gasteiger partial charge >= 0.3 is 5.69 Å². The zero-order valence-electron chi connectivity index (χ0n) is 16.3. The van der Waals surface area contributed by atoms with E-state index in [-0.39, 0.29) is 24.5 Å². The molecule has 0 bridgehead atoms. The Balaban J connectivity index is 1.45. The first-order valence-electron chi connectivity index (χ1n) is 9.26. The minimum absolute atomic E-state index is 0.102. The first kappa shape index (κ1) is 19.3. The largest absolute Gasteiger partial charge is 0.446 e. The normalized spacial score (nSPS) is 12.2. The van der Waals surface area contributed by atoms with Gasteiger partial charge in [-0.3, -0.25) is 9.59 Å². The molecule has 4 rings (SSSR count). The standard InChI is InChI=1S/C19H19N7O4/c1-12(10-25-19(29)26(23-22-25)17-8-5-9-30-17)20-16(27)11-24-18(28)15-7-4-3-6-14(15)13(2)21-24/h3-9,12H,10-11H2,1-2H3,(H,20,27)/t12-/m0/s1. The fraction of sp³-hybridized carbons (Fsp3) is 0.263. The number of aryl methyl sites for hydroxylation is 1. The van der Waals surface area contributed by atoms with E-state index in [9.17, 15) is 14.4 Å². The number of nitrogens with zero attached hydrogens (tertiary/aromatic N) is 6. The van der Waals surface area contributed by atoms with Crippen molar-refractivity contribution in [3.8, 4) is 5.88 Å². The maximum Gasteiger partial charge on any atom is 0.371 e. The third-order valence-corrected chi connectivity index (χ3v) is 4.55. The van der Waals surface area contributed by atoms with Gasteiger partial charge in [0.1, 0.15) is 6.54 Å². The summed E-state index contributed by atoms with van der Waals surface area (Å²) in [5.74, 6) is -0.154. The van der Waals surface area contributed by atoms with Gasteiger partial charge in [-0.15, -0.1) is 4.68 Å². The zero-order chi connectivity index (χ0) is 21.3. The molecule has 0 radical (unpaired) electrons. The summed E-state index contributed by atoms with van der Waals surface area (Å²) in [6, 6.07) is 9.91. The smallest absolute Gasteiger partial charge is 0.371 e. The van der Waals surface area contributed by atoms with E-state index in [0.717, 1.165) is 19.4 Å². The SMILES string of the molecule is Cc1nn(CC(=O)N[C@@H](C)Cn2nnn(-c3ccco3)c2=O)c(=O)c2ccccc12. The quantitative estimate of drug-likeness (QED) is 0.483. The van der Waals surface area contributed by atoms with Crippen molar-refractivity contribution < 1.29 is 9.21 Å². The van der Waals surface area contributed by atoms with E-state index in [2.05, 4.69) is 20.8 Å². The Morgan fingerprint density at radius 1 is 1.10 bits per heavy atom. The first-order valence-corrected chi connectivity index (χ1v) is 9.26. The molecule has 1 N–H and O–H groups in total. The second kappa shape index (κ2) is 7.78. The Morgan fingerprint density at radius 2 is 1.87 bits per heavy atom. The highest BCUT2D eigenvalue weighted by molar-refractivity contribution is 5.83. The van der Waals surface area contributed by atoms with Gasteiger partial charge in [0, 0.05) is 17.5 Å². The second-order valence-electron chi connectivity index (χ2n) is 6.87. The molecule has 0 spiro atoms. The Kier molecular flexibility index (Phi) is 5.00. The zero-order valence-corrected chi connectivity index (χ0v) is 16.3. The summed E-state index contributed by atoms with van der Waals surface area (Å²) in [7, 11) is 0. The summed E-state index contributed by atoms with van der Waals surface area (Å²) in [6.07, 6.45) is 1.42. The number of hydrogen-bond donors (Lipinski definition) is 1. The highest BCUT2D eigenvalue weighted by Gasteiger charge is 2.16. The van der Waals surface area contributed by atoms with Gasteiger partial charge in [-0.1, -0.05) is 18.2 Å². The van der Waals surface area contributed by atoms with E-state index in [0.29, 0.717) is 11.1 Å².